The fraction of sp³-hybridized carbons (Fsp3) is 0.385. The van der Waals surface area contributed by atoms with Crippen molar-refractivity contribution < 1.29 is 9.59 Å². The van der Waals surface area contributed by atoms with Gasteiger partial charge in [0.1, 0.15) is 0 Å². The van der Waals surface area contributed by atoms with Crippen LogP contribution in [0.1, 0.15) is 20.3 Å². The van der Waals surface area contributed by atoms with E-state index in [0.717, 1.165) is 0 Å². The summed E-state index contributed by atoms with van der Waals surface area (Å²) in [6.07, 6.45) is 0.616. The highest BCUT2D eigenvalue weighted by Crippen LogP contribution is 2.15. The molecule has 0 radical (unpaired) electrons. The minimum atomic E-state index is -0.653. The smallest absolute Gasteiger partial charge is 0.316 e. The summed E-state index contributed by atoms with van der Waals surface area (Å²) >= 11 is 0. The molecule has 0 aromatic heterocycles. The van der Waals surface area contributed by atoms with Gasteiger partial charge >= 0.3 is 6.03 Å². The predicted molar refractivity (Wildman–Crippen MR) is 75.7 cm³/mol. The van der Waals surface area contributed by atoms with Crippen molar-refractivity contribution in [2.45, 2.75) is 26.3 Å². The molecule has 104 valence electrons. The van der Waals surface area contributed by atoms with Crippen LogP contribution in [0.5, 0.6) is 0 Å². The third-order valence-electron chi connectivity index (χ3n) is 2.46. The molecular formula is C13H20N4O2. The van der Waals surface area contributed by atoms with Gasteiger partial charge in [-0.25, -0.2) is 4.79 Å². The molecule has 1 aromatic rings. The van der Waals surface area contributed by atoms with E-state index in [2.05, 4.69) is 10.6 Å². The third kappa shape index (κ3) is 5.39. The Morgan fingerprint density at radius 3 is 2.32 bits per heavy atom. The number of amides is 3. The van der Waals surface area contributed by atoms with E-state index in [1.165, 1.54) is 0 Å². The maximum atomic E-state index is 11.8. The average Bonchev–Trinajstić information content (AvgIpc) is 2.27. The van der Waals surface area contributed by atoms with Crippen LogP contribution in [-0.4, -0.2) is 18.0 Å². The van der Waals surface area contributed by atoms with Gasteiger partial charge in [0.2, 0.25) is 5.91 Å². The van der Waals surface area contributed by atoms with Gasteiger partial charge in [-0.2, -0.15) is 0 Å². The van der Waals surface area contributed by atoms with Crippen LogP contribution >= 0.6 is 0 Å². The second-order valence-corrected chi connectivity index (χ2v) is 4.80. The van der Waals surface area contributed by atoms with Gasteiger partial charge in [-0.1, -0.05) is 19.9 Å². The number of hydrogen-bond acceptors (Lipinski definition) is 3. The molecule has 0 heterocycles. The van der Waals surface area contributed by atoms with Crippen LogP contribution in [0, 0.1) is 5.92 Å². The highest BCUT2D eigenvalue weighted by molar-refractivity contribution is 5.95. The van der Waals surface area contributed by atoms with E-state index in [1.807, 2.05) is 13.8 Å². The summed E-state index contributed by atoms with van der Waals surface area (Å²) in [5.41, 5.74) is 11.9. The first-order valence-corrected chi connectivity index (χ1v) is 6.11. The molecule has 1 rings (SSSR count). The Bertz CT molecular complexity index is 460. The molecule has 19 heavy (non-hydrogen) atoms. The molecule has 0 aliphatic rings. The quantitative estimate of drug-likeness (QED) is 0.646. The number of rotatable bonds is 5. The van der Waals surface area contributed by atoms with Gasteiger partial charge < -0.3 is 22.1 Å². The lowest BCUT2D eigenvalue weighted by molar-refractivity contribution is -0.117. The fourth-order valence-electron chi connectivity index (χ4n) is 1.67. The van der Waals surface area contributed by atoms with Crippen molar-refractivity contribution in [3.63, 3.8) is 0 Å². The Hall–Kier alpha value is -2.08. The zero-order valence-corrected chi connectivity index (χ0v) is 11.1. The lowest BCUT2D eigenvalue weighted by Crippen LogP contribution is -2.36. The van der Waals surface area contributed by atoms with E-state index in [-0.39, 0.29) is 5.91 Å². The third-order valence-corrected chi connectivity index (χ3v) is 2.46. The lowest BCUT2D eigenvalue weighted by Gasteiger charge is -2.14. The van der Waals surface area contributed by atoms with E-state index >= 15 is 0 Å². The van der Waals surface area contributed by atoms with Crippen molar-refractivity contribution >= 4 is 23.3 Å². The van der Waals surface area contributed by atoms with Crippen molar-refractivity contribution in [1.29, 1.82) is 0 Å². The molecule has 6 N–H and O–H groups in total. The van der Waals surface area contributed by atoms with E-state index < -0.39 is 12.1 Å². The number of nitrogens with one attached hydrogen (secondary N) is 2. The Labute approximate surface area is 112 Å². The van der Waals surface area contributed by atoms with Crippen molar-refractivity contribution in [3.8, 4) is 0 Å². The van der Waals surface area contributed by atoms with Gasteiger partial charge in [-0.15, -0.1) is 0 Å². The molecule has 0 bridgehead atoms. The van der Waals surface area contributed by atoms with Gasteiger partial charge in [0.25, 0.3) is 0 Å². The minimum absolute atomic E-state index is 0.245. The number of carbonyl (C=O) groups is 2. The number of carbonyl (C=O) groups excluding carboxylic acids is 2. The molecule has 0 saturated carbocycles. The van der Waals surface area contributed by atoms with Gasteiger partial charge in [0, 0.05) is 11.4 Å². The zero-order valence-electron chi connectivity index (χ0n) is 11.1. The Morgan fingerprint density at radius 1 is 1.21 bits per heavy atom. The lowest BCUT2D eigenvalue weighted by atomic mass is 10.0. The summed E-state index contributed by atoms with van der Waals surface area (Å²) in [5.74, 6) is 0.105. The van der Waals surface area contributed by atoms with E-state index in [4.69, 9.17) is 11.5 Å². The summed E-state index contributed by atoms with van der Waals surface area (Å²) in [6, 6.07) is 5.51. The number of anilines is 2. The Kier molecular flexibility index (Phi) is 5.32. The largest absolute Gasteiger partial charge is 0.351 e. The maximum absolute atomic E-state index is 11.8. The summed E-state index contributed by atoms with van der Waals surface area (Å²) in [4.78, 5) is 22.6. The summed E-state index contributed by atoms with van der Waals surface area (Å²) in [7, 11) is 0. The van der Waals surface area contributed by atoms with Crippen molar-refractivity contribution in [2.75, 3.05) is 10.6 Å². The molecular weight excluding hydrogens is 244 g/mol. The minimum Gasteiger partial charge on any atom is -0.351 e. The number of hydrogen-bond donors (Lipinski definition) is 4. The van der Waals surface area contributed by atoms with Crippen molar-refractivity contribution in [1.82, 2.24) is 0 Å². The second kappa shape index (κ2) is 6.75. The van der Waals surface area contributed by atoms with Gasteiger partial charge in [-0.3, -0.25) is 4.79 Å². The number of benzene rings is 1. The normalized spacial score (nSPS) is 12.0. The summed E-state index contributed by atoms with van der Waals surface area (Å²) in [6.45, 7) is 4.01. The van der Waals surface area contributed by atoms with Gasteiger partial charge in [0.15, 0.2) is 0 Å². The Morgan fingerprint density at radius 2 is 1.79 bits per heavy atom. The van der Waals surface area contributed by atoms with Crippen LogP contribution in [-0.2, 0) is 4.79 Å². The molecule has 0 saturated heterocycles. The Balaban J connectivity index is 2.66. The molecule has 6 nitrogen and oxygen atoms in total. The van der Waals surface area contributed by atoms with Crippen LogP contribution in [0.4, 0.5) is 16.2 Å². The van der Waals surface area contributed by atoms with E-state index in [9.17, 15) is 9.59 Å². The molecule has 0 aliphatic heterocycles. The van der Waals surface area contributed by atoms with Crippen LogP contribution in [0.3, 0.4) is 0 Å². The number of urea groups is 1. The monoisotopic (exact) mass is 264 g/mol. The molecule has 0 aliphatic carbocycles. The first-order chi connectivity index (χ1) is 8.88. The van der Waals surface area contributed by atoms with Gasteiger partial charge in [0.05, 0.1) is 6.04 Å². The maximum Gasteiger partial charge on any atom is 0.316 e. The number of nitrogens with two attached hydrogens (primary N) is 2. The van der Waals surface area contributed by atoms with Crippen LogP contribution < -0.4 is 22.1 Å². The molecule has 0 spiro atoms. The number of primary amides is 1. The van der Waals surface area contributed by atoms with E-state index in [1.54, 1.807) is 24.3 Å². The average molecular weight is 264 g/mol. The van der Waals surface area contributed by atoms with Crippen LogP contribution in [0.25, 0.3) is 0 Å². The molecule has 3 amide bonds. The van der Waals surface area contributed by atoms with E-state index in [0.29, 0.717) is 23.7 Å². The predicted octanol–water partition coefficient (Wildman–Crippen LogP) is 1.49. The zero-order chi connectivity index (χ0) is 14.4. The first kappa shape index (κ1) is 15.0. The van der Waals surface area contributed by atoms with Gasteiger partial charge in [-0.05, 0) is 30.5 Å². The summed E-state index contributed by atoms with van der Waals surface area (Å²) < 4.78 is 0. The van der Waals surface area contributed by atoms with Crippen LogP contribution in [0.2, 0.25) is 0 Å². The highest BCUT2D eigenvalue weighted by Gasteiger charge is 2.15. The molecule has 6 heteroatoms. The SMILES string of the molecule is CC(C)CC(N)C(=O)Nc1cccc(NC(N)=O)c1. The highest BCUT2D eigenvalue weighted by atomic mass is 16.2. The molecule has 1 unspecified atom stereocenters. The van der Waals surface area contributed by atoms with Crippen LogP contribution in [0.15, 0.2) is 24.3 Å². The fourth-order valence-corrected chi connectivity index (χ4v) is 1.67. The summed E-state index contributed by atoms with van der Waals surface area (Å²) in [5, 5.41) is 5.14. The first-order valence-electron chi connectivity index (χ1n) is 6.11. The molecule has 1 atom stereocenters. The topological polar surface area (TPSA) is 110 Å². The second-order valence-electron chi connectivity index (χ2n) is 4.80. The van der Waals surface area contributed by atoms with Crippen molar-refractivity contribution in [3.05, 3.63) is 24.3 Å². The van der Waals surface area contributed by atoms with Crippen molar-refractivity contribution in [2.24, 2.45) is 17.4 Å². The standard InChI is InChI=1S/C13H20N4O2/c1-8(2)6-11(14)12(18)16-9-4-3-5-10(7-9)17-13(15)19/h3-5,7-8,11H,6,14H2,1-2H3,(H,16,18)(H3,15,17,19). The molecule has 1 aromatic carbocycles. The molecule has 0 fully saturated rings.